The molecule has 2 rings (SSSR count). The molecule has 104 valence electrons. The first kappa shape index (κ1) is 13.8. The topological polar surface area (TPSA) is 112 Å². The molecule has 1 aromatic rings. The molecule has 1 heterocycles. The standard InChI is InChI=1S/C11H15N3O4S/c1-5(15)8(9(16)17)13-10(18)14-11-12-6-3-2-4-7(6)19-11/h5,8,15H,2-4H2,1H3,(H,16,17)(H2,12,13,14,18)/t5-,8+/m1/s1. The molecule has 8 heteroatoms. The number of fused-ring (bicyclic) bond motifs is 1. The van der Waals surface area contributed by atoms with Crippen molar-refractivity contribution in [2.45, 2.75) is 38.3 Å². The van der Waals surface area contributed by atoms with E-state index in [0.29, 0.717) is 5.13 Å². The second kappa shape index (κ2) is 5.54. The minimum Gasteiger partial charge on any atom is -0.480 e. The van der Waals surface area contributed by atoms with Crippen molar-refractivity contribution in [3.8, 4) is 0 Å². The Morgan fingerprint density at radius 2 is 2.16 bits per heavy atom. The Morgan fingerprint density at radius 3 is 2.74 bits per heavy atom. The van der Waals surface area contributed by atoms with E-state index in [0.717, 1.165) is 25.0 Å². The van der Waals surface area contributed by atoms with Crippen molar-refractivity contribution in [3.05, 3.63) is 10.6 Å². The Hall–Kier alpha value is -1.67. The van der Waals surface area contributed by atoms with Crippen LogP contribution in [0.5, 0.6) is 0 Å². The second-order valence-electron chi connectivity index (χ2n) is 4.40. The molecule has 0 spiro atoms. The number of carboxylic acids is 1. The maximum Gasteiger partial charge on any atom is 0.328 e. The molecule has 0 fully saturated rings. The van der Waals surface area contributed by atoms with E-state index in [-0.39, 0.29) is 0 Å². The molecule has 1 aromatic heterocycles. The number of carbonyl (C=O) groups is 2. The van der Waals surface area contributed by atoms with Crippen LogP contribution in [0.25, 0.3) is 0 Å². The highest BCUT2D eigenvalue weighted by atomic mass is 32.1. The van der Waals surface area contributed by atoms with Gasteiger partial charge in [-0.25, -0.2) is 14.6 Å². The maximum atomic E-state index is 11.6. The van der Waals surface area contributed by atoms with E-state index in [1.165, 1.54) is 23.1 Å². The lowest BCUT2D eigenvalue weighted by molar-refractivity contribution is -0.141. The number of aliphatic hydroxyl groups is 1. The third-order valence-corrected chi connectivity index (χ3v) is 3.92. The van der Waals surface area contributed by atoms with E-state index in [1.807, 2.05) is 0 Å². The number of aliphatic carboxylic acids is 1. The second-order valence-corrected chi connectivity index (χ2v) is 5.48. The average Bonchev–Trinajstić information content (AvgIpc) is 2.85. The van der Waals surface area contributed by atoms with Crippen LogP contribution in [-0.2, 0) is 17.6 Å². The van der Waals surface area contributed by atoms with Crippen molar-refractivity contribution in [3.63, 3.8) is 0 Å². The Morgan fingerprint density at radius 1 is 1.42 bits per heavy atom. The minimum atomic E-state index is -1.34. The number of urea groups is 1. The number of amides is 2. The van der Waals surface area contributed by atoms with E-state index >= 15 is 0 Å². The highest BCUT2D eigenvalue weighted by molar-refractivity contribution is 7.15. The van der Waals surface area contributed by atoms with Gasteiger partial charge in [-0.05, 0) is 26.2 Å². The summed E-state index contributed by atoms with van der Waals surface area (Å²) in [4.78, 5) is 27.9. The molecule has 2 amide bonds. The van der Waals surface area contributed by atoms with E-state index in [2.05, 4.69) is 15.6 Å². The number of hydrogen-bond donors (Lipinski definition) is 4. The fourth-order valence-electron chi connectivity index (χ4n) is 1.91. The average molecular weight is 285 g/mol. The summed E-state index contributed by atoms with van der Waals surface area (Å²) >= 11 is 1.40. The molecule has 1 aliphatic rings. The van der Waals surface area contributed by atoms with Crippen LogP contribution in [-0.4, -0.2) is 39.3 Å². The van der Waals surface area contributed by atoms with Crippen LogP contribution in [0, 0.1) is 0 Å². The highest BCUT2D eigenvalue weighted by Crippen LogP contribution is 2.30. The quantitative estimate of drug-likeness (QED) is 0.647. The third-order valence-electron chi connectivity index (χ3n) is 2.85. The van der Waals surface area contributed by atoms with Gasteiger partial charge in [0.15, 0.2) is 11.2 Å². The van der Waals surface area contributed by atoms with Crippen molar-refractivity contribution < 1.29 is 19.8 Å². The molecule has 4 N–H and O–H groups in total. The number of thiazole rings is 1. The van der Waals surface area contributed by atoms with Crippen LogP contribution in [0.1, 0.15) is 23.9 Å². The van der Waals surface area contributed by atoms with Gasteiger partial charge in [0.2, 0.25) is 0 Å². The van der Waals surface area contributed by atoms with Gasteiger partial charge in [0.25, 0.3) is 0 Å². The maximum absolute atomic E-state index is 11.6. The monoisotopic (exact) mass is 285 g/mol. The summed E-state index contributed by atoms with van der Waals surface area (Å²) in [6.45, 7) is 1.30. The van der Waals surface area contributed by atoms with Crippen molar-refractivity contribution in [2.75, 3.05) is 5.32 Å². The molecule has 0 aliphatic heterocycles. The first-order valence-corrected chi connectivity index (χ1v) is 6.76. The third kappa shape index (κ3) is 3.21. The summed E-state index contributed by atoms with van der Waals surface area (Å²) in [5.41, 5.74) is 1.01. The molecule has 0 radical (unpaired) electrons. The molecule has 0 aromatic carbocycles. The van der Waals surface area contributed by atoms with Crippen LogP contribution < -0.4 is 10.6 Å². The predicted octanol–water partition coefficient (Wildman–Crippen LogP) is 0.587. The summed E-state index contributed by atoms with van der Waals surface area (Å²) in [6.07, 6.45) is 1.80. The van der Waals surface area contributed by atoms with Crippen molar-refractivity contribution >= 4 is 28.5 Å². The molecule has 7 nitrogen and oxygen atoms in total. The van der Waals surface area contributed by atoms with Gasteiger partial charge in [0.1, 0.15) is 0 Å². The predicted molar refractivity (Wildman–Crippen MR) is 69.4 cm³/mol. The fraction of sp³-hybridized carbons (Fsp3) is 0.545. The van der Waals surface area contributed by atoms with Gasteiger partial charge >= 0.3 is 12.0 Å². The van der Waals surface area contributed by atoms with E-state index < -0.39 is 24.1 Å². The van der Waals surface area contributed by atoms with Crippen LogP contribution in [0.15, 0.2) is 0 Å². The van der Waals surface area contributed by atoms with Crippen LogP contribution >= 0.6 is 11.3 Å². The molecular formula is C11H15N3O4S. The molecule has 0 unspecified atom stereocenters. The Kier molecular flexibility index (Phi) is 4.01. The number of carbonyl (C=O) groups excluding carboxylic acids is 1. The minimum absolute atomic E-state index is 0.455. The molecule has 19 heavy (non-hydrogen) atoms. The lowest BCUT2D eigenvalue weighted by Gasteiger charge is -2.16. The summed E-state index contributed by atoms with van der Waals surface area (Å²) in [5.74, 6) is -1.29. The van der Waals surface area contributed by atoms with Gasteiger partial charge in [-0.15, -0.1) is 11.3 Å². The molecule has 1 aliphatic carbocycles. The molecule has 0 bridgehead atoms. The SMILES string of the molecule is C[C@@H](O)[C@H](NC(=O)Nc1nc2c(s1)CCC2)C(=O)O. The molecule has 0 saturated carbocycles. The Labute approximate surface area is 113 Å². The van der Waals surface area contributed by atoms with Gasteiger partial charge in [-0.1, -0.05) is 0 Å². The fourth-order valence-corrected chi connectivity index (χ4v) is 2.95. The number of anilines is 1. The van der Waals surface area contributed by atoms with Gasteiger partial charge < -0.3 is 15.5 Å². The van der Waals surface area contributed by atoms with Crippen molar-refractivity contribution in [2.24, 2.45) is 0 Å². The first-order valence-electron chi connectivity index (χ1n) is 5.94. The summed E-state index contributed by atoms with van der Waals surface area (Å²) in [5, 5.41) is 23.2. The van der Waals surface area contributed by atoms with Crippen LogP contribution in [0.2, 0.25) is 0 Å². The molecule has 0 saturated heterocycles. The van der Waals surface area contributed by atoms with E-state index in [9.17, 15) is 14.7 Å². The smallest absolute Gasteiger partial charge is 0.328 e. The number of carboxylic acid groups (broad SMARTS) is 1. The van der Waals surface area contributed by atoms with Gasteiger partial charge in [0.05, 0.1) is 11.8 Å². The van der Waals surface area contributed by atoms with E-state index in [4.69, 9.17) is 5.11 Å². The van der Waals surface area contributed by atoms with Crippen molar-refractivity contribution in [1.29, 1.82) is 0 Å². The summed E-state index contributed by atoms with van der Waals surface area (Å²) in [6, 6.07) is -2.02. The summed E-state index contributed by atoms with van der Waals surface area (Å²) in [7, 11) is 0. The van der Waals surface area contributed by atoms with E-state index in [1.54, 1.807) is 0 Å². The van der Waals surface area contributed by atoms with Gasteiger partial charge in [-0.3, -0.25) is 5.32 Å². The Bertz CT molecular complexity index is 479. The zero-order valence-corrected chi connectivity index (χ0v) is 11.2. The number of rotatable bonds is 4. The van der Waals surface area contributed by atoms with Crippen LogP contribution in [0.3, 0.4) is 0 Å². The molecular weight excluding hydrogens is 270 g/mol. The number of nitrogens with zero attached hydrogens (tertiary/aromatic N) is 1. The Balaban J connectivity index is 1.95. The number of aliphatic hydroxyl groups excluding tert-OH is 1. The largest absolute Gasteiger partial charge is 0.480 e. The number of aryl methyl sites for hydroxylation is 2. The number of hydrogen-bond acceptors (Lipinski definition) is 5. The van der Waals surface area contributed by atoms with Gasteiger partial charge in [0, 0.05) is 4.88 Å². The number of aromatic nitrogens is 1. The normalized spacial score (nSPS) is 16.5. The number of nitrogens with one attached hydrogen (secondary N) is 2. The highest BCUT2D eigenvalue weighted by Gasteiger charge is 2.25. The van der Waals surface area contributed by atoms with Crippen LogP contribution in [0.4, 0.5) is 9.93 Å². The molecule has 2 atom stereocenters. The zero-order valence-electron chi connectivity index (χ0n) is 10.3. The zero-order chi connectivity index (χ0) is 14.0. The van der Waals surface area contributed by atoms with Gasteiger partial charge in [-0.2, -0.15) is 0 Å². The van der Waals surface area contributed by atoms with Crippen molar-refractivity contribution in [1.82, 2.24) is 10.3 Å². The lowest BCUT2D eigenvalue weighted by Crippen LogP contribution is -2.49. The lowest BCUT2D eigenvalue weighted by atomic mass is 10.2. The summed E-state index contributed by atoms with van der Waals surface area (Å²) < 4.78 is 0. The first-order chi connectivity index (χ1) is 8.97.